The molecule has 1 aromatic heterocycles. The molecule has 162 valence electrons. The second kappa shape index (κ2) is 12.1. The molecular formula is C23H38N3O2S+. The summed E-state index contributed by atoms with van der Waals surface area (Å²) in [6.45, 7) is 3.09. The van der Waals surface area contributed by atoms with Crippen LogP contribution < -0.4 is 3.97 Å². The third kappa shape index (κ3) is 7.27. The molecule has 0 radical (unpaired) electrons. The Morgan fingerprint density at radius 3 is 1.97 bits per heavy atom. The van der Waals surface area contributed by atoms with Gasteiger partial charge in [-0.05, 0) is 12.8 Å². The van der Waals surface area contributed by atoms with Crippen LogP contribution in [0.15, 0.2) is 42.9 Å². The minimum atomic E-state index is -3.51. The van der Waals surface area contributed by atoms with Gasteiger partial charge in [0.05, 0.1) is 6.54 Å². The van der Waals surface area contributed by atoms with Crippen LogP contribution in [0.1, 0.15) is 71.1 Å². The Morgan fingerprint density at radius 2 is 1.41 bits per heavy atom. The summed E-state index contributed by atoms with van der Waals surface area (Å²) in [7, 11) is -0.390. The van der Waals surface area contributed by atoms with Crippen molar-refractivity contribution < 1.29 is 12.4 Å². The highest BCUT2D eigenvalue weighted by molar-refractivity contribution is 7.82. The maximum absolute atomic E-state index is 12.5. The number of nitrogens with zero attached hydrogens (tertiary/aromatic N) is 3. The van der Waals surface area contributed by atoms with E-state index in [4.69, 9.17) is 0 Å². The first-order chi connectivity index (χ1) is 14.0. The normalized spacial score (nSPS) is 12.0. The van der Waals surface area contributed by atoms with Crippen LogP contribution in [-0.4, -0.2) is 31.4 Å². The monoisotopic (exact) mass is 420 g/mol. The molecule has 0 saturated heterocycles. The summed E-state index contributed by atoms with van der Waals surface area (Å²) in [6.07, 6.45) is 16.4. The molecule has 0 fully saturated rings. The van der Waals surface area contributed by atoms with Gasteiger partial charge in [-0.3, -0.25) is 0 Å². The smallest absolute Gasteiger partial charge is 0.229 e. The summed E-state index contributed by atoms with van der Waals surface area (Å²) < 4.78 is 29.7. The number of hydrogen-bond acceptors (Lipinski definition) is 2. The van der Waals surface area contributed by atoms with Gasteiger partial charge < -0.3 is 0 Å². The summed E-state index contributed by atoms with van der Waals surface area (Å²) >= 11 is 0. The Balaban J connectivity index is 1.91. The van der Waals surface area contributed by atoms with Gasteiger partial charge in [0.15, 0.2) is 11.9 Å². The van der Waals surface area contributed by atoms with Crippen molar-refractivity contribution in [2.75, 3.05) is 14.1 Å². The molecule has 0 N–H and O–H groups in total. The van der Waals surface area contributed by atoms with Crippen molar-refractivity contribution in [1.82, 2.24) is 8.87 Å². The summed E-state index contributed by atoms with van der Waals surface area (Å²) in [6, 6.07) is 9.99. The molecule has 29 heavy (non-hydrogen) atoms. The third-order valence-corrected chi connectivity index (χ3v) is 7.02. The van der Waals surface area contributed by atoms with Crippen molar-refractivity contribution in [3.63, 3.8) is 0 Å². The summed E-state index contributed by atoms with van der Waals surface area (Å²) in [5.41, 5.74) is 1.97. The van der Waals surface area contributed by atoms with E-state index in [0.29, 0.717) is 0 Å². The quantitative estimate of drug-likeness (QED) is 0.318. The molecule has 0 aliphatic heterocycles. The number of unbranched alkanes of at least 4 members (excludes halogenated alkanes) is 9. The van der Waals surface area contributed by atoms with E-state index in [1.165, 1.54) is 66.1 Å². The fraction of sp³-hybridized carbons (Fsp3) is 0.609. The van der Waals surface area contributed by atoms with Crippen LogP contribution in [0.5, 0.6) is 0 Å². The molecule has 0 aliphatic carbocycles. The average Bonchev–Trinajstić information content (AvgIpc) is 3.15. The molecule has 0 unspecified atom stereocenters. The van der Waals surface area contributed by atoms with Crippen LogP contribution in [-0.2, 0) is 16.8 Å². The maximum atomic E-state index is 12.5. The van der Waals surface area contributed by atoms with Gasteiger partial charge in [0, 0.05) is 19.7 Å². The molecular weight excluding hydrogens is 382 g/mol. The van der Waals surface area contributed by atoms with E-state index in [1.54, 1.807) is 26.6 Å². The predicted octanol–water partition coefficient (Wildman–Crippen LogP) is 5.02. The Morgan fingerprint density at radius 1 is 0.862 bits per heavy atom. The number of rotatable bonds is 14. The molecule has 0 aliphatic rings. The number of benzene rings is 1. The second-order valence-corrected chi connectivity index (χ2v) is 10.0. The molecule has 2 rings (SSSR count). The first-order valence-corrected chi connectivity index (χ1v) is 12.5. The molecule has 0 spiro atoms. The first kappa shape index (κ1) is 23.6. The lowest BCUT2D eigenvalue weighted by molar-refractivity contribution is -0.514. The summed E-state index contributed by atoms with van der Waals surface area (Å²) in [4.78, 5) is 0. The van der Waals surface area contributed by atoms with Crippen molar-refractivity contribution in [1.29, 1.82) is 0 Å². The van der Waals surface area contributed by atoms with E-state index >= 15 is 0 Å². The van der Waals surface area contributed by atoms with Gasteiger partial charge in [-0.1, -0.05) is 88.6 Å². The fourth-order valence-electron chi connectivity index (χ4n) is 3.54. The molecule has 0 amide bonds. The standard InChI is InChI=1S/C23H38N3O2S/c1-4-5-6-7-8-9-10-11-12-16-19-25-21-26(29(27,28)24(2)3)20-23(25)22-17-14-13-15-18-22/h13-15,17-18,20-21H,4-12,16,19H2,1-3H3/q+1. The van der Waals surface area contributed by atoms with Crippen LogP contribution in [0.4, 0.5) is 0 Å². The summed E-state index contributed by atoms with van der Waals surface area (Å²) in [5.74, 6) is 0. The highest BCUT2D eigenvalue weighted by atomic mass is 32.2. The van der Waals surface area contributed by atoms with Crippen molar-refractivity contribution in [3.8, 4) is 11.3 Å². The molecule has 1 aromatic carbocycles. The highest BCUT2D eigenvalue weighted by Gasteiger charge is 2.26. The van der Waals surface area contributed by atoms with Crippen molar-refractivity contribution in [2.45, 2.75) is 77.7 Å². The minimum Gasteiger partial charge on any atom is -0.229 e. The number of aryl methyl sites for hydroxylation is 1. The second-order valence-electron chi connectivity index (χ2n) is 7.99. The van der Waals surface area contributed by atoms with E-state index < -0.39 is 10.2 Å². The lowest BCUT2D eigenvalue weighted by Crippen LogP contribution is -2.48. The predicted molar refractivity (Wildman–Crippen MR) is 120 cm³/mol. The van der Waals surface area contributed by atoms with Gasteiger partial charge in [-0.2, -0.15) is 12.7 Å². The molecule has 0 atom stereocenters. The topological polar surface area (TPSA) is 46.2 Å². The summed E-state index contributed by atoms with van der Waals surface area (Å²) in [5, 5.41) is 0. The average molecular weight is 421 g/mol. The number of hydrogen-bond donors (Lipinski definition) is 0. The number of imidazole rings is 1. The minimum absolute atomic E-state index is 0.830. The molecule has 2 aromatic rings. The van der Waals surface area contributed by atoms with Gasteiger partial charge in [0.1, 0.15) is 0 Å². The van der Waals surface area contributed by atoms with E-state index in [2.05, 4.69) is 11.5 Å². The van der Waals surface area contributed by atoms with Crippen LogP contribution in [0, 0.1) is 0 Å². The van der Waals surface area contributed by atoms with Crippen LogP contribution in [0.2, 0.25) is 0 Å². The van der Waals surface area contributed by atoms with Gasteiger partial charge in [0.2, 0.25) is 0 Å². The molecule has 6 heteroatoms. The third-order valence-electron chi connectivity index (χ3n) is 5.36. The SMILES string of the molecule is CCCCCCCCCCCCn1c[n+](S(=O)(=O)N(C)C)cc1-c1ccccc1. The zero-order valence-electron chi connectivity index (χ0n) is 18.4. The highest BCUT2D eigenvalue weighted by Crippen LogP contribution is 2.19. The molecule has 5 nitrogen and oxygen atoms in total. The maximum Gasteiger partial charge on any atom is 0.379 e. The lowest BCUT2D eigenvalue weighted by atomic mass is 10.1. The fourth-order valence-corrected chi connectivity index (χ4v) is 4.38. The van der Waals surface area contributed by atoms with Crippen LogP contribution in [0.25, 0.3) is 11.3 Å². The van der Waals surface area contributed by atoms with E-state index in [0.717, 1.165) is 24.2 Å². The molecule has 0 bridgehead atoms. The lowest BCUT2D eigenvalue weighted by Gasteiger charge is -2.05. The molecule has 1 heterocycles. The largest absolute Gasteiger partial charge is 0.379 e. The Hall–Kier alpha value is -1.66. The van der Waals surface area contributed by atoms with Crippen molar-refractivity contribution in [2.24, 2.45) is 0 Å². The van der Waals surface area contributed by atoms with Crippen LogP contribution in [0.3, 0.4) is 0 Å². The zero-order valence-corrected chi connectivity index (χ0v) is 19.2. The number of aromatic nitrogens is 2. The van der Waals surface area contributed by atoms with Crippen molar-refractivity contribution >= 4 is 10.2 Å². The van der Waals surface area contributed by atoms with E-state index in [-0.39, 0.29) is 0 Å². The van der Waals surface area contributed by atoms with E-state index in [9.17, 15) is 8.42 Å². The first-order valence-electron chi connectivity index (χ1n) is 11.1. The van der Waals surface area contributed by atoms with Gasteiger partial charge in [-0.25, -0.2) is 4.57 Å². The Kier molecular flexibility index (Phi) is 9.88. The van der Waals surface area contributed by atoms with Gasteiger partial charge in [0.25, 0.3) is 6.33 Å². The van der Waals surface area contributed by atoms with Crippen LogP contribution >= 0.6 is 0 Å². The van der Waals surface area contributed by atoms with Crippen molar-refractivity contribution in [3.05, 3.63) is 42.9 Å². The van der Waals surface area contributed by atoms with Gasteiger partial charge >= 0.3 is 10.2 Å². The van der Waals surface area contributed by atoms with Gasteiger partial charge in [-0.15, -0.1) is 3.97 Å². The zero-order chi connectivity index (χ0) is 21.1. The molecule has 0 saturated carbocycles. The Bertz CT molecular complexity index is 814. The van der Waals surface area contributed by atoms with E-state index in [1.807, 2.05) is 30.3 Å². The Labute approximate surface area is 177 Å².